The number of β-amino-alcohol motifs (C(OH)–C–C–N with tert-alkyl or cyclic N) is 1. The maximum atomic E-state index is 12.2. The Bertz CT molecular complexity index is 574. The smallest absolute Gasteiger partial charge is 0.406 e. The quantitative estimate of drug-likeness (QED) is 0.844. The van der Waals surface area contributed by atoms with E-state index in [4.69, 9.17) is 0 Å². The van der Waals surface area contributed by atoms with Crippen molar-refractivity contribution in [3.63, 3.8) is 0 Å². The van der Waals surface area contributed by atoms with Crippen LogP contribution in [0, 0.1) is 0 Å². The molecule has 2 saturated heterocycles. The van der Waals surface area contributed by atoms with Gasteiger partial charge >= 0.3 is 6.36 Å². The molecule has 2 N–H and O–H groups in total. The molecule has 0 unspecified atom stereocenters. The van der Waals surface area contributed by atoms with Gasteiger partial charge in [-0.15, -0.1) is 13.2 Å². The maximum absolute atomic E-state index is 12.2. The largest absolute Gasteiger partial charge is 0.573 e. The number of piperidine rings is 2. The fourth-order valence-corrected chi connectivity index (χ4v) is 3.83. The first-order valence-electron chi connectivity index (χ1n) is 8.97. The third-order valence-electron chi connectivity index (χ3n) is 5.16. The summed E-state index contributed by atoms with van der Waals surface area (Å²) in [5.74, 6) is -0.229. The zero-order valence-electron chi connectivity index (χ0n) is 14.5. The summed E-state index contributed by atoms with van der Waals surface area (Å²) in [5, 5.41) is 20.1. The lowest BCUT2D eigenvalue weighted by atomic mass is 9.96. The summed E-state index contributed by atoms with van der Waals surface area (Å²) >= 11 is 0. The van der Waals surface area contributed by atoms with E-state index in [9.17, 15) is 23.4 Å². The van der Waals surface area contributed by atoms with Crippen LogP contribution in [-0.2, 0) is 6.54 Å². The van der Waals surface area contributed by atoms with Gasteiger partial charge in [0.15, 0.2) is 0 Å². The minimum Gasteiger partial charge on any atom is -0.406 e. The molecule has 3 rings (SSSR count). The molecule has 26 heavy (non-hydrogen) atoms. The number of likely N-dealkylation sites (tertiary alicyclic amines) is 2. The lowest BCUT2D eigenvalue weighted by Gasteiger charge is -2.43. The summed E-state index contributed by atoms with van der Waals surface area (Å²) in [7, 11) is 0. The molecule has 5 nitrogen and oxygen atoms in total. The Morgan fingerprint density at radius 1 is 1.00 bits per heavy atom. The zero-order valence-corrected chi connectivity index (χ0v) is 14.5. The summed E-state index contributed by atoms with van der Waals surface area (Å²) in [6.07, 6.45) is -3.04. The molecular formula is C18H25F3N2O3. The minimum absolute atomic E-state index is 0.112. The first-order chi connectivity index (χ1) is 12.3. The van der Waals surface area contributed by atoms with Crippen LogP contribution < -0.4 is 4.74 Å². The molecule has 2 atom stereocenters. The van der Waals surface area contributed by atoms with E-state index >= 15 is 0 Å². The van der Waals surface area contributed by atoms with Gasteiger partial charge in [0.05, 0.1) is 12.2 Å². The van der Waals surface area contributed by atoms with E-state index in [1.165, 1.54) is 12.1 Å². The zero-order chi connectivity index (χ0) is 18.7. The Labute approximate surface area is 151 Å². The van der Waals surface area contributed by atoms with Gasteiger partial charge in [0.2, 0.25) is 0 Å². The average molecular weight is 374 g/mol. The molecule has 1 aromatic rings. The first kappa shape index (κ1) is 19.4. The highest BCUT2D eigenvalue weighted by molar-refractivity contribution is 5.27. The molecule has 0 aromatic heterocycles. The summed E-state index contributed by atoms with van der Waals surface area (Å²) in [5.41, 5.74) is 0.881. The van der Waals surface area contributed by atoms with Crippen molar-refractivity contribution in [1.82, 2.24) is 9.80 Å². The van der Waals surface area contributed by atoms with Crippen LogP contribution >= 0.6 is 0 Å². The van der Waals surface area contributed by atoms with Gasteiger partial charge in [0, 0.05) is 38.8 Å². The highest BCUT2D eigenvalue weighted by atomic mass is 19.4. The molecule has 0 radical (unpaired) electrons. The Balaban J connectivity index is 1.50. The van der Waals surface area contributed by atoms with Gasteiger partial charge in [-0.1, -0.05) is 12.1 Å². The predicted octanol–water partition coefficient (Wildman–Crippen LogP) is 1.98. The first-order valence-corrected chi connectivity index (χ1v) is 8.97. The second-order valence-electron chi connectivity index (χ2n) is 7.12. The summed E-state index contributed by atoms with van der Waals surface area (Å²) < 4.78 is 40.5. The minimum atomic E-state index is -4.68. The topological polar surface area (TPSA) is 56.2 Å². The van der Waals surface area contributed by atoms with Crippen LogP contribution in [0.25, 0.3) is 0 Å². The molecule has 2 aliphatic rings. The van der Waals surface area contributed by atoms with Crippen LogP contribution in [0.15, 0.2) is 24.3 Å². The van der Waals surface area contributed by atoms with Gasteiger partial charge in [0.1, 0.15) is 5.75 Å². The number of aliphatic hydroxyl groups is 2. The number of halogens is 3. The highest BCUT2D eigenvalue weighted by Gasteiger charge is 2.34. The molecule has 0 aliphatic carbocycles. The molecule has 2 aliphatic heterocycles. The molecular weight excluding hydrogens is 349 g/mol. The molecule has 2 heterocycles. The van der Waals surface area contributed by atoms with Crippen molar-refractivity contribution < 1.29 is 28.1 Å². The van der Waals surface area contributed by atoms with Crippen LogP contribution in [0.2, 0.25) is 0 Å². The van der Waals surface area contributed by atoms with Gasteiger partial charge < -0.3 is 14.9 Å². The maximum Gasteiger partial charge on any atom is 0.573 e. The highest BCUT2D eigenvalue weighted by Crippen LogP contribution is 2.25. The Kier molecular flexibility index (Phi) is 6.06. The Hall–Kier alpha value is -1.35. The molecule has 1 aromatic carbocycles. The number of rotatable bonds is 4. The summed E-state index contributed by atoms with van der Waals surface area (Å²) in [6, 6.07) is 5.97. The van der Waals surface area contributed by atoms with Crippen molar-refractivity contribution in [3.8, 4) is 5.75 Å². The van der Waals surface area contributed by atoms with E-state index in [2.05, 4.69) is 14.5 Å². The molecule has 2 fully saturated rings. The van der Waals surface area contributed by atoms with Gasteiger partial charge in [-0.25, -0.2) is 0 Å². The lowest BCUT2D eigenvalue weighted by Crippen LogP contribution is -2.55. The summed E-state index contributed by atoms with van der Waals surface area (Å²) in [4.78, 5) is 4.37. The van der Waals surface area contributed by atoms with E-state index in [1.54, 1.807) is 12.1 Å². The predicted molar refractivity (Wildman–Crippen MR) is 89.6 cm³/mol. The molecule has 0 bridgehead atoms. The number of aliphatic hydroxyl groups excluding tert-OH is 2. The second-order valence-corrected chi connectivity index (χ2v) is 7.12. The number of nitrogens with zero attached hydrogens (tertiary/aromatic N) is 2. The van der Waals surface area contributed by atoms with Crippen molar-refractivity contribution in [2.75, 3.05) is 26.2 Å². The van der Waals surface area contributed by atoms with Crippen molar-refractivity contribution >= 4 is 0 Å². The van der Waals surface area contributed by atoms with E-state index in [1.807, 2.05) is 0 Å². The summed E-state index contributed by atoms with van der Waals surface area (Å²) in [6.45, 7) is 3.55. The fourth-order valence-electron chi connectivity index (χ4n) is 3.83. The van der Waals surface area contributed by atoms with Gasteiger partial charge in [-0.2, -0.15) is 0 Å². The van der Waals surface area contributed by atoms with Crippen molar-refractivity contribution in [1.29, 1.82) is 0 Å². The fraction of sp³-hybridized carbons (Fsp3) is 0.667. The number of hydrogen-bond donors (Lipinski definition) is 2. The Morgan fingerprint density at radius 2 is 1.65 bits per heavy atom. The van der Waals surface area contributed by atoms with Crippen LogP contribution in [0.5, 0.6) is 5.75 Å². The van der Waals surface area contributed by atoms with Crippen LogP contribution in [0.4, 0.5) is 13.2 Å². The van der Waals surface area contributed by atoms with Crippen LogP contribution in [0.3, 0.4) is 0 Å². The van der Waals surface area contributed by atoms with E-state index < -0.39 is 12.5 Å². The van der Waals surface area contributed by atoms with E-state index in [-0.39, 0.29) is 17.9 Å². The SMILES string of the molecule is OC1CCN([C@@H]2CCN(Cc3ccc(OC(F)(F)F)cc3)C[C@H]2O)CC1. The lowest BCUT2D eigenvalue weighted by molar-refractivity contribution is -0.274. The Morgan fingerprint density at radius 3 is 2.23 bits per heavy atom. The van der Waals surface area contributed by atoms with E-state index in [0.29, 0.717) is 13.1 Å². The molecule has 8 heteroatoms. The number of alkyl halides is 3. The standard InChI is InChI=1S/C18H25F3N2O3/c19-18(20,21)26-15-3-1-13(2-4-15)11-22-8-7-16(17(25)12-22)23-9-5-14(24)6-10-23/h1-4,14,16-17,24-25H,5-12H2/t16-,17-/m1/s1. The van der Waals surface area contributed by atoms with Crippen molar-refractivity contribution in [2.45, 2.75) is 50.4 Å². The van der Waals surface area contributed by atoms with Crippen LogP contribution in [0.1, 0.15) is 24.8 Å². The second kappa shape index (κ2) is 8.12. The monoisotopic (exact) mass is 374 g/mol. The van der Waals surface area contributed by atoms with Crippen molar-refractivity contribution in [2.24, 2.45) is 0 Å². The number of ether oxygens (including phenoxy) is 1. The third-order valence-corrected chi connectivity index (χ3v) is 5.16. The molecule has 0 spiro atoms. The van der Waals surface area contributed by atoms with Crippen molar-refractivity contribution in [3.05, 3.63) is 29.8 Å². The van der Waals surface area contributed by atoms with Crippen LogP contribution in [-0.4, -0.2) is 70.8 Å². The van der Waals surface area contributed by atoms with E-state index in [0.717, 1.165) is 44.5 Å². The normalized spacial score (nSPS) is 26.8. The molecule has 0 saturated carbocycles. The number of hydrogen-bond acceptors (Lipinski definition) is 5. The molecule has 146 valence electrons. The molecule has 0 amide bonds. The third kappa shape index (κ3) is 5.33. The average Bonchev–Trinajstić information content (AvgIpc) is 2.57. The van der Waals surface area contributed by atoms with Gasteiger partial charge in [0.25, 0.3) is 0 Å². The van der Waals surface area contributed by atoms with Gasteiger partial charge in [-0.3, -0.25) is 9.80 Å². The number of benzene rings is 1. The van der Waals surface area contributed by atoms with Gasteiger partial charge in [-0.05, 0) is 37.0 Å².